The summed E-state index contributed by atoms with van der Waals surface area (Å²) < 4.78 is 0. The number of aryl methyl sites for hydroxylation is 1. The molecule has 0 aliphatic heterocycles. The predicted molar refractivity (Wildman–Crippen MR) is 119 cm³/mol. The highest BCUT2D eigenvalue weighted by Gasteiger charge is 2.20. The molecular weight excluding hydrogens is 394 g/mol. The summed E-state index contributed by atoms with van der Waals surface area (Å²) in [5.41, 5.74) is 3.10. The fourth-order valence-corrected chi connectivity index (χ4v) is 3.46. The van der Waals surface area contributed by atoms with Gasteiger partial charge in [0.05, 0.1) is 11.5 Å². The van der Waals surface area contributed by atoms with Crippen molar-refractivity contribution in [3.63, 3.8) is 0 Å². The number of carbonyl (C=O) groups is 1. The van der Waals surface area contributed by atoms with Crippen molar-refractivity contribution in [3.05, 3.63) is 116 Å². The molecule has 3 aromatic carbocycles. The highest BCUT2D eigenvalue weighted by Crippen LogP contribution is 2.24. The quantitative estimate of drug-likeness (QED) is 0.382. The van der Waals surface area contributed by atoms with Gasteiger partial charge in [-0.25, -0.2) is 0 Å². The van der Waals surface area contributed by atoms with Crippen LogP contribution in [0.2, 0.25) is 0 Å². The molecule has 1 N–H and O–H groups in total. The van der Waals surface area contributed by atoms with Gasteiger partial charge in [-0.2, -0.15) is 0 Å². The smallest absolute Gasteiger partial charge is 0.269 e. The van der Waals surface area contributed by atoms with Crippen LogP contribution in [0.25, 0.3) is 10.9 Å². The average molecular weight is 413 g/mol. The fraction of sp³-hybridized carbons (Fsp3) is 0.0833. The third kappa shape index (κ3) is 4.20. The van der Waals surface area contributed by atoms with Gasteiger partial charge in [0.1, 0.15) is 0 Å². The summed E-state index contributed by atoms with van der Waals surface area (Å²) in [6.45, 7) is 2.12. The fourth-order valence-electron chi connectivity index (χ4n) is 3.46. The van der Waals surface area contributed by atoms with E-state index in [4.69, 9.17) is 0 Å². The van der Waals surface area contributed by atoms with Gasteiger partial charge in [0.2, 0.25) is 5.56 Å². The minimum absolute atomic E-state index is 0.0842. The highest BCUT2D eigenvalue weighted by atomic mass is 16.6. The van der Waals surface area contributed by atoms with Crippen LogP contribution in [0.3, 0.4) is 0 Å². The topological polar surface area (TPSA) is 96.3 Å². The number of nitrogens with zero attached hydrogens (tertiary/aromatic N) is 2. The Balaban J connectivity index is 1.79. The van der Waals surface area contributed by atoms with E-state index < -0.39 is 4.92 Å². The maximum absolute atomic E-state index is 13.4. The van der Waals surface area contributed by atoms with Crippen LogP contribution < -0.4 is 10.5 Å². The third-order valence-corrected chi connectivity index (χ3v) is 5.08. The number of hydrogen-bond donors (Lipinski definition) is 1. The standard InChI is InChI=1S/C24H19N3O4/c1-16-6-10-19(11-7-16)26(24(29)17-8-12-20(13-9-17)27(30)31)15-18-14-23(28)25-22-5-3-2-4-21(18)22/h2-14H,15H2,1H3,(H,25,28). The predicted octanol–water partition coefficient (Wildman–Crippen LogP) is 4.59. The van der Waals surface area contributed by atoms with Crippen LogP contribution >= 0.6 is 0 Å². The van der Waals surface area contributed by atoms with Gasteiger partial charge >= 0.3 is 0 Å². The Morgan fingerprint density at radius 3 is 2.35 bits per heavy atom. The number of fused-ring (bicyclic) bond motifs is 1. The van der Waals surface area contributed by atoms with Crippen LogP contribution in [0.4, 0.5) is 11.4 Å². The third-order valence-electron chi connectivity index (χ3n) is 5.08. The molecule has 154 valence electrons. The number of nitrogens with one attached hydrogen (secondary N) is 1. The van der Waals surface area contributed by atoms with Crippen molar-refractivity contribution < 1.29 is 9.72 Å². The lowest BCUT2D eigenvalue weighted by atomic mass is 10.1. The van der Waals surface area contributed by atoms with Crippen molar-refractivity contribution in [2.24, 2.45) is 0 Å². The van der Waals surface area contributed by atoms with E-state index in [1.165, 1.54) is 30.3 Å². The summed E-state index contributed by atoms with van der Waals surface area (Å²) in [5.74, 6) is -0.317. The number of nitro benzene ring substituents is 1. The number of H-pyrrole nitrogens is 1. The van der Waals surface area contributed by atoms with E-state index in [0.29, 0.717) is 22.3 Å². The van der Waals surface area contributed by atoms with Crippen molar-refractivity contribution >= 4 is 28.2 Å². The molecule has 0 bridgehead atoms. The summed E-state index contributed by atoms with van der Waals surface area (Å²) in [6, 6.07) is 21.9. The van der Waals surface area contributed by atoms with Crippen LogP contribution in [0.5, 0.6) is 0 Å². The Morgan fingerprint density at radius 1 is 1.00 bits per heavy atom. The first-order valence-corrected chi connectivity index (χ1v) is 9.66. The molecule has 1 aromatic heterocycles. The molecule has 0 radical (unpaired) electrons. The van der Waals surface area contributed by atoms with Gasteiger partial charge in [-0.1, -0.05) is 35.9 Å². The Labute approximate surface area is 177 Å². The van der Waals surface area contributed by atoms with Gasteiger partial charge in [0.15, 0.2) is 0 Å². The largest absolute Gasteiger partial charge is 0.322 e. The molecule has 31 heavy (non-hydrogen) atoms. The second kappa shape index (κ2) is 8.23. The Morgan fingerprint density at radius 2 is 1.68 bits per heavy atom. The first-order chi connectivity index (χ1) is 14.9. The first-order valence-electron chi connectivity index (χ1n) is 9.66. The Hall–Kier alpha value is -4.26. The summed E-state index contributed by atoms with van der Waals surface area (Å²) in [6.07, 6.45) is 0. The molecule has 0 unspecified atom stereocenters. The summed E-state index contributed by atoms with van der Waals surface area (Å²) in [5, 5.41) is 11.8. The van der Waals surface area contributed by atoms with Crippen LogP contribution in [0.15, 0.2) is 83.7 Å². The van der Waals surface area contributed by atoms with Gasteiger partial charge < -0.3 is 9.88 Å². The van der Waals surface area contributed by atoms with Crippen molar-refractivity contribution in [2.75, 3.05) is 4.90 Å². The van der Waals surface area contributed by atoms with Crippen LogP contribution in [0, 0.1) is 17.0 Å². The molecule has 0 saturated carbocycles. The number of anilines is 1. The van der Waals surface area contributed by atoms with Gasteiger partial charge in [-0.15, -0.1) is 0 Å². The lowest BCUT2D eigenvalue weighted by molar-refractivity contribution is -0.384. The number of nitro groups is 1. The molecule has 4 rings (SSSR count). The molecule has 1 amide bonds. The number of pyridine rings is 1. The second-order valence-electron chi connectivity index (χ2n) is 7.24. The normalized spacial score (nSPS) is 10.7. The van der Waals surface area contributed by atoms with Crippen molar-refractivity contribution in [2.45, 2.75) is 13.5 Å². The van der Waals surface area contributed by atoms with E-state index in [1.807, 2.05) is 55.5 Å². The summed E-state index contributed by atoms with van der Waals surface area (Å²) in [4.78, 5) is 40.4. The molecule has 0 fully saturated rings. The SMILES string of the molecule is Cc1ccc(N(Cc2cc(=O)[nH]c3ccccc23)C(=O)c2ccc([N+](=O)[O-])cc2)cc1. The lowest BCUT2D eigenvalue weighted by Crippen LogP contribution is -2.31. The lowest BCUT2D eigenvalue weighted by Gasteiger charge is -2.24. The number of non-ortho nitro benzene ring substituents is 1. The molecule has 7 nitrogen and oxygen atoms in total. The number of amides is 1. The number of rotatable bonds is 5. The zero-order chi connectivity index (χ0) is 22.0. The number of para-hydroxylation sites is 1. The number of aromatic nitrogens is 1. The van der Waals surface area contributed by atoms with Crippen molar-refractivity contribution in [1.29, 1.82) is 0 Å². The molecule has 0 aliphatic rings. The van der Waals surface area contributed by atoms with E-state index in [0.717, 1.165) is 10.9 Å². The number of carbonyl (C=O) groups excluding carboxylic acids is 1. The van der Waals surface area contributed by atoms with Gasteiger partial charge in [0, 0.05) is 40.4 Å². The van der Waals surface area contributed by atoms with Crippen molar-refractivity contribution in [3.8, 4) is 0 Å². The molecule has 4 aromatic rings. The molecule has 0 aliphatic carbocycles. The van der Waals surface area contributed by atoms with Crippen LogP contribution in [0.1, 0.15) is 21.5 Å². The van der Waals surface area contributed by atoms with Gasteiger partial charge in [0.25, 0.3) is 11.6 Å². The minimum Gasteiger partial charge on any atom is -0.322 e. The maximum atomic E-state index is 13.4. The van der Waals surface area contributed by atoms with Crippen LogP contribution in [-0.4, -0.2) is 15.8 Å². The highest BCUT2D eigenvalue weighted by molar-refractivity contribution is 6.06. The van der Waals surface area contributed by atoms with E-state index in [2.05, 4.69) is 4.98 Å². The van der Waals surface area contributed by atoms with E-state index in [9.17, 15) is 19.7 Å². The number of benzene rings is 3. The van der Waals surface area contributed by atoms with Gasteiger partial charge in [-0.05, 0) is 42.8 Å². The van der Waals surface area contributed by atoms with E-state index in [1.54, 1.807) is 4.90 Å². The first kappa shape index (κ1) is 20.0. The Bertz CT molecular complexity index is 1330. The Kier molecular flexibility index (Phi) is 5.32. The molecule has 1 heterocycles. The van der Waals surface area contributed by atoms with Gasteiger partial charge in [-0.3, -0.25) is 19.7 Å². The number of aromatic amines is 1. The average Bonchev–Trinajstić information content (AvgIpc) is 2.77. The molecule has 0 spiro atoms. The molecule has 0 saturated heterocycles. The molecule has 7 heteroatoms. The van der Waals surface area contributed by atoms with E-state index >= 15 is 0 Å². The maximum Gasteiger partial charge on any atom is 0.269 e. The molecule has 0 atom stereocenters. The minimum atomic E-state index is -0.506. The zero-order valence-corrected chi connectivity index (χ0v) is 16.7. The van der Waals surface area contributed by atoms with Crippen molar-refractivity contribution in [1.82, 2.24) is 4.98 Å². The second-order valence-corrected chi connectivity index (χ2v) is 7.24. The monoisotopic (exact) mass is 413 g/mol. The zero-order valence-electron chi connectivity index (χ0n) is 16.7. The molecular formula is C24H19N3O4. The number of hydrogen-bond acceptors (Lipinski definition) is 4. The van der Waals surface area contributed by atoms with E-state index in [-0.39, 0.29) is 23.7 Å². The van der Waals surface area contributed by atoms with Crippen LogP contribution in [-0.2, 0) is 6.54 Å². The summed E-state index contributed by atoms with van der Waals surface area (Å²) in [7, 11) is 0. The summed E-state index contributed by atoms with van der Waals surface area (Å²) >= 11 is 0.